The number of hydrogen-bond donors (Lipinski definition) is 2. The van der Waals surface area contributed by atoms with Gasteiger partial charge in [0.15, 0.2) is 0 Å². The highest BCUT2D eigenvalue weighted by Crippen LogP contribution is 2.19. The molecule has 0 spiro atoms. The number of furan rings is 1. The van der Waals surface area contributed by atoms with E-state index in [2.05, 4.69) is 5.32 Å². The van der Waals surface area contributed by atoms with Crippen LogP contribution in [0.5, 0.6) is 0 Å². The number of nitrogen functional groups attached to an aromatic ring is 1. The number of nitrogens with zero attached hydrogens (tertiary/aromatic N) is 1. The third-order valence-electron chi connectivity index (χ3n) is 3.71. The molecule has 3 N–H and O–H groups in total. The third kappa shape index (κ3) is 2.90. The summed E-state index contributed by atoms with van der Waals surface area (Å²) in [7, 11) is 0. The summed E-state index contributed by atoms with van der Waals surface area (Å²) in [5.41, 5.74) is 6.72. The van der Waals surface area contributed by atoms with Gasteiger partial charge in [0.1, 0.15) is 11.3 Å². The molecule has 0 aliphatic rings. The fourth-order valence-electron chi connectivity index (χ4n) is 2.67. The van der Waals surface area contributed by atoms with Crippen LogP contribution in [0.3, 0.4) is 0 Å². The molecule has 24 heavy (non-hydrogen) atoms. The summed E-state index contributed by atoms with van der Waals surface area (Å²) in [6, 6.07) is 8.80. The minimum atomic E-state index is -0.409. The van der Waals surface area contributed by atoms with Crippen molar-refractivity contribution in [2.45, 2.75) is 26.4 Å². The summed E-state index contributed by atoms with van der Waals surface area (Å²) in [5, 5.41) is 3.10. The smallest absolute Gasteiger partial charge is 0.256 e. The van der Waals surface area contributed by atoms with E-state index in [1.807, 2.05) is 19.9 Å². The number of rotatable bonds is 4. The lowest BCUT2D eigenvalue weighted by atomic mass is 10.1. The van der Waals surface area contributed by atoms with Crippen molar-refractivity contribution in [3.05, 3.63) is 64.3 Å². The molecule has 0 bridgehead atoms. The molecule has 6 nitrogen and oxygen atoms in total. The highest BCUT2D eigenvalue weighted by atomic mass is 16.3. The second kappa shape index (κ2) is 6.23. The summed E-state index contributed by atoms with van der Waals surface area (Å²) in [6.07, 6.45) is 3.14. The maximum atomic E-state index is 12.7. The van der Waals surface area contributed by atoms with Crippen molar-refractivity contribution >= 4 is 22.5 Å². The fraction of sp³-hybridized carbons (Fsp3) is 0.222. The van der Waals surface area contributed by atoms with E-state index in [0.29, 0.717) is 23.1 Å². The molecule has 1 amide bonds. The van der Waals surface area contributed by atoms with Gasteiger partial charge in [-0.15, -0.1) is 0 Å². The van der Waals surface area contributed by atoms with Crippen LogP contribution >= 0.6 is 0 Å². The van der Waals surface area contributed by atoms with E-state index < -0.39 is 5.91 Å². The van der Waals surface area contributed by atoms with Crippen molar-refractivity contribution < 1.29 is 9.21 Å². The molecule has 3 aromatic rings. The molecule has 2 aromatic heterocycles. The number of amides is 1. The van der Waals surface area contributed by atoms with E-state index in [0.717, 1.165) is 5.76 Å². The van der Waals surface area contributed by atoms with Gasteiger partial charge in [0.05, 0.1) is 23.7 Å². The molecule has 0 aliphatic heterocycles. The number of benzene rings is 1. The molecule has 0 aliphatic carbocycles. The first kappa shape index (κ1) is 15.9. The Morgan fingerprint density at radius 1 is 1.29 bits per heavy atom. The van der Waals surface area contributed by atoms with Gasteiger partial charge in [0.25, 0.3) is 5.91 Å². The lowest BCUT2D eigenvalue weighted by molar-refractivity contribution is 0.0941. The van der Waals surface area contributed by atoms with Gasteiger partial charge in [0.2, 0.25) is 5.43 Å². The largest absolute Gasteiger partial charge is 0.467 e. The quantitative estimate of drug-likeness (QED) is 0.721. The van der Waals surface area contributed by atoms with Gasteiger partial charge in [-0.25, -0.2) is 0 Å². The zero-order valence-corrected chi connectivity index (χ0v) is 13.6. The molecule has 0 fully saturated rings. The van der Waals surface area contributed by atoms with Crippen molar-refractivity contribution in [3.8, 4) is 0 Å². The van der Waals surface area contributed by atoms with Crippen LogP contribution in [0.4, 0.5) is 5.69 Å². The van der Waals surface area contributed by atoms with Crippen LogP contribution in [0.15, 0.2) is 52.0 Å². The number of nitrogens with one attached hydrogen (secondary N) is 1. The molecule has 1 aromatic carbocycles. The van der Waals surface area contributed by atoms with E-state index in [1.165, 1.54) is 0 Å². The van der Waals surface area contributed by atoms with Gasteiger partial charge < -0.3 is 20.0 Å². The van der Waals surface area contributed by atoms with Crippen molar-refractivity contribution in [1.29, 1.82) is 0 Å². The molecule has 3 rings (SSSR count). The van der Waals surface area contributed by atoms with Crippen molar-refractivity contribution in [1.82, 2.24) is 9.88 Å². The maximum Gasteiger partial charge on any atom is 0.256 e. The number of anilines is 1. The van der Waals surface area contributed by atoms with Crippen molar-refractivity contribution in [2.24, 2.45) is 0 Å². The van der Waals surface area contributed by atoms with Crippen molar-refractivity contribution in [3.63, 3.8) is 0 Å². The second-order valence-corrected chi connectivity index (χ2v) is 5.95. The Balaban J connectivity index is 2.22. The lowest BCUT2D eigenvalue weighted by Gasteiger charge is -2.14. The summed E-state index contributed by atoms with van der Waals surface area (Å²) in [6.45, 7) is 4.08. The van der Waals surface area contributed by atoms with Gasteiger partial charge in [-0.1, -0.05) is 6.07 Å². The number of carbonyl (C=O) groups is 1. The van der Waals surface area contributed by atoms with E-state index in [4.69, 9.17) is 10.2 Å². The minimum absolute atomic E-state index is 0.0701. The Morgan fingerprint density at radius 3 is 2.75 bits per heavy atom. The molecule has 0 saturated carbocycles. The predicted octanol–water partition coefficient (Wildman–Crippen LogP) is 2.36. The van der Waals surface area contributed by atoms with Crippen molar-refractivity contribution in [2.75, 3.05) is 5.73 Å². The third-order valence-corrected chi connectivity index (χ3v) is 3.71. The Bertz CT molecular complexity index is 940. The van der Waals surface area contributed by atoms with Crippen LogP contribution in [-0.2, 0) is 6.54 Å². The highest BCUT2D eigenvalue weighted by molar-refractivity contribution is 6.00. The standard InChI is InChI=1S/C18H19N3O3/c1-11(2)20-18(23)13-10-21(9-12-5-4-8-24-12)15-7-3-6-14(19)16(15)17(13)22/h3-8,10-11H,9,19H2,1-2H3,(H,20,23). The first-order chi connectivity index (χ1) is 11.5. The van der Waals surface area contributed by atoms with Crippen LogP contribution in [0.2, 0.25) is 0 Å². The Hall–Kier alpha value is -3.02. The SMILES string of the molecule is CC(C)NC(=O)c1cn(Cc2ccco2)c2cccc(N)c2c1=O. The summed E-state index contributed by atoms with van der Waals surface area (Å²) in [4.78, 5) is 25.1. The second-order valence-electron chi connectivity index (χ2n) is 5.95. The van der Waals surface area contributed by atoms with E-state index in [1.54, 1.807) is 41.3 Å². The Labute approximate surface area is 138 Å². The van der Waals surface area contributed by atoms with E-state index in [9.17, 15) is 9.59 Å². The normalized spacial score (nSPS) is 11.1. The molecule has 0 saturated heterocycles. The van der Waals surface area contributed by atoms with Crippen LogP contribution in [0.1, 0.15) is 30.0 Å². The van der Waals surface area contributed by atoms with Crippen LogP contribution in [-0.4, -0.2) is 16.5 Å². The highest BCUT2D eigenvalue weighted by Gasteiger charge is 2.18. The molecule has 6 heteroatoms. The van der Waals surface area contributed by atoms with Crippen LogP contribution in [0, 0.1) is 0 Å². The maximum absolute atomic E-state index is 12.7. The van der Waals surface area contributed by atoms with Crippen LogP contribution in [0.25, 0.3) is 10.9 Å². The Kier molecular flexibility index (Phi) is 4.12. The zero-order valence-electron chi connectivity index (χ0n) is 13.6. The summed E-state index contributed by atoms with van der Waals surface area (Å²) in [5.74, 6) is 0.311. The van der Waals surface area contributed by atoms with Gasteiger partial charge >= 0.3 is 0 Å². The Morgan fingerprint density at radius 2 is 2.08 bits per heavy atom. The topological polar surface area (TPSA) is 90.3 Å². The molecule has 0 atom stereocenters. The molecule has 124 valence electrons. The average Bonchev–Trinajstić information content (AvgIpc) is 3.02. The zero-order chi connectivity index (χ0) is 17.3. The number of pyridine rings is 1. The van der Waals surface area contributed by atoms with E-state index >= 15 is 0 Å². The first-order valence-corrected chi connectivity index (χ1v) is 7.72. The number of carbonyl (C=O) groups excluding carboxylic acids is 1. The molecule has 0 radical (unpaired) electrons. The molecular weight excluding hydrogens is 306 g/mol. The number of fused-ring (bicyclic) bond motifs is 1. The fourth-order valence-corrected chi connectivity index (χ4v) is 2.67. The van der Waals surface area contributed by atoms with Gasteiger partial charge in [0, 0.05) is 17.9 Å². The minimum Gasteiger partial charge on any atom is -0.467 e. The number of nitrogens with two attached hydrogens (primary N) is 1. The summed E-state index contributed by atoms with van der Waals surface area (Å²) < 4.78 is 7.19. The number of hydrogen-bond acceptors (Lipinski definition) is 4. The summed E-state index contributed by atoms with van der Waals surface area (Å²) >= 11 is 0. The monoisotopic (exact) mass is 325 g/mol. The van der Waals surface area contributed by atoms with Crippen LogP contribution < -0.4 is 16.5 Å². The van der Waals surface area contributed by atoms with Gasteiger partial charge in [-0.2, -0.15) is 0 Å². The predicted molar refractivity (Wildman–Crippen MR) is 93.0 cm³/mol. The molecule has 2 heterocycles. The van der Waals surface area contributed by atoms with Gasteiger partial charge in [-0.05, 0) is 38.1 Å². The molecule has 0 unspecified atom stereocenters. The average molecular weight is 325 g/mol. The molecular formula is C18H19N3O3. The number of aromatic nitrogens is 1. The lowest BCUT2D eigenvalue weighted by Crippen LogP contribution is -2.34. The van der Waals surface area contributed by atoms with Gasteiger partial charge in [-0.3, -0.25) is 9.59 Å². The van der Waals surface area contributed by atoms with E-state index in [-0.39, 0.29) is 17.0 Å². The first-order valence-electron chi connectivity index (χ1n) is 7.72.